The monoisotopic (exact) mass is 215 g/mol. The molecule has 1 aliphatic heterocycles. The van der Waals surface area contributed by atoms with Gasteiger partial charge in [-0.15, -0.1) is 10.2 Å². The number of morpholine rings is 1. The Hall–Kier alpha value is -0.790. The van der Waals surface area contributed by atoms with Crippen LogP contribution in [-0.2, 0) is 4.74 Å². The van der Waals surface area contributed by atoms with Gasteiger partial charge >= 0.3 is 0 Å². The Morgan fingerprint density at radius 1 is 1.79 bits per heavy atom. The fraction of sp³-hybridized carbons (Fsp3) is 0.714. The van der Waals surface area contributed by atoms with Gasteiger partial charge in [-0.2, -0.15) is 0 Å². The van der Waals surface area contributed by atoms with E-state index in [1.807, 2.05) is 0 Å². The van der Waals surface area contributed by atoms with E-state index in [9.17, 15) is 0 Å². The molecule has 6 nitrogen and oxygen atoms in total. The third-order valence-electron chi connectivity index (χ3n) is 1.94. The Morgan fingerprint density at radius 2 is 2.71 bits per heavy atom. The molecule has 1 aromatic heterocycles. The molecule has 1 aromatic rings. The summed E-state index contributed by atoms with van der Waals surface area (Å²) in [4.78, 5) is 0. The number of thioether (sulfide) groups is 1. The summed E-state index contributed by atoms with van der Waals surface area (Å²) in [5.74, 6) is 6.42. The van der Waals surface area contributed by atoms with Crippen molar-refractivity contribution in [2.45, 2.75) is 11.3 Å². The summed E-state index contributed by atoms with van der Waals surface area (Å²) in [5.41, 5.74) is 0. The fourth-order valence-corrected chi connectivity index (χ4v) is 2.08. The molecule has 0 saturated carbocycles. The Balaban J connectivity index is 1.79. The van der Waals surface area contributed by atoms with Gasteiger partial charge in [0.05, 0.1) is 12.7 Å². The second-order valence-corrected chi connectivity index (χ2v) is 4.02. The Kier molecular flexibility index (Phi) is 3.22. The summed E-state index contributed by atoms with van der Waals surface area (Å²) < 4.78 is 6.95. The number of hydrogen-bond acceptors (Lipinski definition) is 6. The van der Waals surface area contributed by atoms with Crippen molar-refractivity contribution in [3.63, 3.8) is 0 Å². The summed E-state index contributed by atoms with van der Waals surface area (Å²) in [7, 11) is 0. The van der Waals surface area contributed by atoms with Crippen molar-refractivity contribution in [1.29, 1.82) is 0 Å². The lowest BCUT2D eigenvalue weighted by Crippen LogP contribution is -2.39. The van der Waals surface area contributed by atoms with Crippen molar-refractivity contribution in [3.05, 3.63) is 6.33 Å². The maximum absolute atomic E-state index is 5.57. The van der Waals surface area contributed by atoms with Gasteiger partial charge in [0.25, 0.3) is 0 Å². The molecule has 2 rings (SSSR count). The van der Waals surface area contributed by atoms with Crippen LogP contribution < -0.4 is 11.2 Å². The van der Waals surface area contributed by atoms with Crippen molar-refractivity contribution in [3.8, 4) is 0 Å². The molecule has 0 bridgehead atoms. The van der Waals surface area contributed by atoms with Crippen molar-refractivity contribution in [1.82, 2.24) is 20.2 Å². The van der Waals surface area contributed by atoms with Crippen LogP contribution in [0.25, 0.3) is 0 Å². The Bertz CT molecular complexity index is 285. The van der Waals surface area contributed by atoms with Crippen molar-refractivity contribution in [2.24, 2.45) is 0 Å². The van der Waals surface area contributed by atoms with Crippen molar-refractivity contribution < 1.29 is 4.74 Å². The van der Waals surface area contributed by atoms with Gasteiger partial charge in [0.15, 0.2) is 0 Å². The average Bonchev–Trinajstić information content (AvgIpc) is 2.63. The molecule has 1 fully saturated rings. The van der Waals surface area contributed by atoms with Crippen LogP contribution in [-0.4, -0.2) is 46.4 Å². The third kappa shape index (κ3) is 2.37. The van der Waals surface area contributed by atoms with Gasteiger partial charge < -0.3 is 15.9 Å². The van der Waals surface area contributed by atoms with Crippen LogP contribution in [0, 0.1) is 0 Å². The number of ether oxygens (including phenoxy) is 1. The molecule has 2 heterocycles. The average molecular weight is 215 g/mol. The number of nitrogens with one attached hydrogen (secondary N) is 1. The van der Waals surface area contributed by atoms with E-state index in [-0.39, 0.29) is 6.10 Å². The zero-order chi connectivity index (χ0) is 9.80. The minimum Gasteiger partial charge on any atom is -0.375 e. The normalized spacial score (nSPS) is 22.4. The molecule has 1 unspecified atom stereocenters. The lowest BCUT2D eigenvalue weighted by atomic mass is 10.3. The highest BCUT2D eigenvalue weighted by Crippen LogP contribution is 2.15. The largest absolute Gasteiger partial charge is 0.375 e. The molecule has 0 aliphatic carbocycles. The van der Waals surface area contributed by atoms with E-state index in [4.69, 9.17) is 10.6 Å². The highest BCUT2D eigenvalue weighted by molar-refractivity contribution is 7.99. The van der Waals surface area contributed by atoms with Crippen LogP contribution in [0.15, 0.2) is 11.5 Å². The van der Waals surface area contributed by atoms with Crippen LogP contribution >= 0.6 is 11.8 Å². The van der Waals surface area contributed by atoms with Gasteiger partial charge in [-0.25, -0.2) is 4.68 Å². The predicted molar refractivity (Wildman–Crippen MR) is 53.5 cm³/mol. The highest BCUT2D eigenvalue weighted by atomic mass is 32.2. The fourth-order valence-electron chi connectivity index (χ4n) is 1.23. The molecule has 0 aromatic carbocycles. The first-order valence-electron chi connectivity index (χ1n) is 4.46. The first kappa shape index (κ1) is 9.75. The van der Waals surface area contributed by atoms with Gasteiger partial charge in [0, 0.05) is 18.8 Å². The summed E-state index contributed by atoms with van der Waals surface area (Å²) in [6, 6.07) is 0. The third-order valence-corrected chi connectivity index (χ3v) is 3.03. The quantitative estimate of drug-likeness (QED) is 0.501. The number of nitrogens with two attached hydrogens (primary N) is 1. The van der Waals surface area contributed by atoms with Crippen molar-refractivity contribution in [2.75, 3.05) is 31.3 Å². The molecule has 78 valence electrons. The summed E-state index contributed by atoms with van der Waals surface area (Å²) in [6.07, 6.45) is 1.73. The molecule has 3 N–H and O–H groups in total. The van der Waals surface area contributed by atoms with Crippen LogP contribution in [0.1, 0.15) is 0 Å². The zero-order valence-corrected chi connectivity index (χ0v) is 8.54. The van der Waals surface area contributed by atoms with Crippen LogP contribution in [0.5, 0.6) is 0 Å². The van der Waals surface area contributed by atoms with Crippen LogP contribution in [0.2, 0.25) is 0 Å². The van der Waals surface area contributed by atoms with Gasteiger partial charge in [0.1, 0.15) is 6.33 Å². The topological polar surface area (TPSA) is 78.0 Å². The predicted octanol–water partition coefficient (Wildman–Crippen LogP) is -0.928. The SMILES string of the molecule is Nn1cnnc1SCC1CNCCO1. The number of aromatic nitrogens is 3. The molecule has 14 heavy (non-hydrogen) atoms. The molecular formula is C7H13N5OS. The highest BCUT2D eigenvalue weighted by Gasteiger charge is 2.14. The van der Waals surface area contributed by atoms with E-state index < -0.39 is 0 Å². The van der Waals surface area contributed by atoms with E-state index in [1.54, 1.807) is 11.8 Å². The second-order valence-electron chi connectivity index (χ2n) is 3.03. The molecule has 0 radical (unpaired) electrons. The molecule has 1 atom stereocenters. The van der Waals surface area contributed by atoms with Gasteiger partial charge in [-0.1, -0.05) is 11.8 Å². The van der Waals surface area contributed by atoms with Gasteiger partial charge in [-0.05, 0) is 0 Å². The summed E-state index contributed by atoms with van der Waals surface area (Å²) in [6.45, 7) is 2.61. The van der Waals surface area contributed by atoms with E-state index in [2.05, 4.69) is 15.5 Å². The van der Waals surface area contributed by atoms with Gasteiger partial charge in [-0.3, -0.25) is 0 Å². The molecule has 0 amide bonds. The number of nitrogens with zero attached hydrogens (tertiary/aromatic N) is 3. The minimum absolute atomic E-state index is 0.241. The first-order chi connectivity index (χ1) is 6.86. The lowest BCUT2D eigenvalue weighted by Gasteiger charge is -2.22. The Morgan fingerprint density at radius 3 is 3.36 bits per heavy atom. The molecule has 0 spiro atoms. The number of rotatable bonds is 3. The minimum atomic E-state index is 0.241. The Labute approximate surface area is 86.2 Å². The molecule has 1 aliphatic rings. The smallest absolute Gasteiger partial charge is 0.209 e. The molecule has 1 saturated heterocycles. The maximum atomic E-state index is 5.57. The molecular weight excluding hydrogens is 202 g/mol. The van der Waals surface area contributed by atoms with E-state index in [1.165, 1.54) is 11.0 Å². The van der Waals surface area contributed by atoms with Crippen LogP contribution in [0.4, 0.5) is 0 Å². The second kappa shape index (κ2) is 4.63. The van der Waals surface area contributed by atoms with Gasteiger partial charge in [0.2, 0.25) is 5.16 Å². The standard InChI is InChI=1S/C7H13N5OS/c8-12-5-10-11-7(12)14-4-6-3-9-1-2-13-6/h5-6,9H,1-4,8H2. The van der Waals surface area contributed by atoms with E-state index >= 15 is 0 Å². The molecule has 7 heteroatoms. The van der Waals surface area contributed by atoms with E-state index in [0.29, 0.717) is 0 Å². The number of nitrogen functional groups attached to an aromatic ring is 1. The number of hydrogen-bond donors (Lipinski definition) is 2. The lowest BCUT2D eigenvalue weighted by molar-refractivity contribution is 0.0440. The maximum Gasteiger partial charge on any atom is 0.209 e. The summed E-state index contributed by atoms with van der Waals surface area (Å²) in [5, 5.41) is 11.6. The van der Waals surface area contributed by atoms with Crippen LogP contribution in [0.3, 0.4) is 0 Å². The van der Waals surface area contributed by atoms with E-state index in [0.717, 1.165) is 30.6 Å². The first-order valence-corrected chi connectivity index (χ1v) is 5.45. The van der Waals surface area contributed by atoms with Crippen molar-refractivity contribution >= 4 is 11.8 Å². The summed E-state index contributed by atoms with van der Waals surface area (Å²) >= 11 is 1.56. The zero-order valence-electron chi connectivity index (χ0n) is 7.72.